The topological polar surface area (TPSA) is 154 Å². The lowest BCUT2D eigenvalue weighted by Gasteiger charge is -2.14. The summed E-state index contributed by atoms with van der Waals surface area (Å²) in [6.07, 6.45) is 0.447. The van der Waals surface area contributed by atoms with E-state index >= 15 is 0 Å². The van der Waals surface area contributed by atoms with Crippen molar-refractivity contribution >= 4 is 27.4 Å². The van der Waals surface area contributed by atoms with Gasteiger partial charge in [0.15, 0.2) is 15.7 Å². The number of nitrogens with zero attached hydrogens (tertiary/aromatic N) is 2. The molecule has 0 unspecified atom stereocenters. The van der Waals surface area contributed by atoms with E-state index in [1.54, 1.807) is 31.2 Å². The lowest BCUT2D eigenvalue weighted by Crippen LogP contribution is -2.29. The Labute approximate surface area is 208 Å². The van der Waals surface area contributed by atoms with Gasteiger partial charge in [0.05, 0.1) is 22.9 Å². The molecule has 1 aromatic heterocycles. The van der Waals surface area contributed by atoms with E-state index in [-0.39, 0.29) is 35.7 Å². The molecule has 0 fully saturated rings. The van der Waals surface area contributed by atoms with E-state index in [2.05, 4.69) is 25.9 Å². The average Bonchev–Trinajstić information content (AvgIpc) is 2.84. The van der Waals surface area contributed by atoms with Crippen molar-refractivity contribution in [3.05, 3.63) is 66.1 Å². The zero-order chi connectivity index (χ0) is 26.1. The second kappa shape index (κ2) is 12.4. The first-order valence-corrected chi connectivity index (χ1v) is 12.8. The van der Waals surface area contributed by atoms with E-state index in [4.69, 9.17) is 5.11 Å². The number of halogens is 1. The van der Waals surface area contributed by atoms with Crippen LogP contribution in [0.4, 0.5) is 20.7 Å². The highest BCUT2D eigenvalue weighted by atomic mass is 32.2. The van der Waals surface area contributed by atoms with Gasteiger partial charge in [0.2, 0.25) is 0 Å². The second-order valence-corrected chi connectivity index (χ2v) is 10.0. The van der Waals surface area contributed by atoms with Crippen LogP contribution in [0.25, 0.3) is 11.4 Å². The van der Waals surface area contributed by atoms with Crippen molar-refractivity contribution in [1.82, 2.24) is 15.3 Å². The number of anilines is 2. The van der Waals surface area contributed by atoms with Gasteiger partial charge in [-0.05, 0) is 61.9 Å². The average molecular weight is 518 g/mol. The maximum Gasteiger partial charge on any atom is 0.319 e. The van der Waals surface area contributed by atoms with Gasteiger partial charge in [0.1, 0.15) is 11.6 Å². The number of urea groups is 1. The predicted octanol–water partition coefficient (Wildman–Crippen LogP) is 2.55. The maximum absolute atomic E-state index is 13.2. The number of hydrogen-bond acceptors (Lipinski definition) is 8. The van der Waals surface area contributed by atoms with E-state index < -0.39 is 27.4 Å². The lowest BCUT2D eigenvalue weighted by molar-refractivity contribution is 0.249. The van der Waals surface area contributed by atoms with Crippen LogP contribution in [0, 0.1) is 5.82 Å². The van der Waals surface area contributed by atoms with Crippen LogP contribution in [0.5, 0.6) is 0 Å². The standard InChI is InChI=1S/C24H28FN5O5S/c1-16(14-32)27-22-13-20(15-36(34,35)21-9-5-18(25)6-10-21)28-23(30-22)17-3-7-19(8-4-17)29-24(33)26-11-2-12-31/h3-10,13,16,31-32H,2,11-12,14-15H2,1H3,(H2,26,29,33)(H,27,28,30)/t16-/m0/s1. The number of benzene rings is 2. The number of aliphatic hydroxyl groups is 2. The van der Waals surface area contributed by atoms with Crippen LogP contribution in [0.3, 0.4) is 0 Å². The molecule has 3 aromatic rings. The van der Waals surface area contributed by atoms with Gasteiger partial charge in [0, 0.05) is 36.5 Å². The first-order valence-electron chi connectivity index (χ1n) is 11.2. The summed E-state index contributed by atoms with van der Waals surface area (Å²) < 4.78 is 39.0. The Morgan fingerprint density at radius 1 is 1.06 bits per heavy atom. The summed E-state index contributed by atoms with van der Waals surface area (Å²) in [6, 6.07) is 11.9. The van der Waals surface area contributed by atoms with Crippen LogP contribution < -0.4 is 16.0 Å². The van der Waals surface area contributed by atoms with Crippen molar-refractivity contribution in [3.8, 4) is 11.4 Å². The molecule has 12 heteroatoms. The van der Waals surface area contributed by atoms with Gasteiger partial charge < -0.3 is 26.2 Å². The number of hydrogen-bond donors (Lipinski definition) is 5. The van der Waals surface area contributed by atoms with Crippen LogP contribution in [0.15, 0.2) is 59.5 Å². The quantitative estimate of drug-likeness (QED) is 0.192. The summed E-state index contributed by atoms with van der Waals surface area (Å²) in [7, 11) is -3.81. The Morgan fingerprint density at radius 2 is 1.75 bits per heavy atom. The molecule has 0 bridgehead atoms. The van der Waals surface area contributed by atoms with Gasteiger partial charge in [-0.25, -0.2) is 27.6 Å². The number of aliphatic hydroxyl groups excluding tert-OH is 2. The SMILES string of the molecule is C[C@@H](CO)Nc1cc(CS(=O)(=O)c2ccc(F)cc2)nc(-c2ccc(NC(=O)NCCCO)cc2)n1. The van der Waals surface area contributed by atoms with Gasteiger partial charge in [-0.2, -0.15) is 0 Å². The molecule has 3 rings (SSSR count). The summed E-state index contributed by atoms with van der Waals surface area (Å²) >= 11 is 0. The molecule has 0 radical (unpaired) electrons. The minimum absolute atomic E-state index is 0.0207. The molecular formula is C24H28FN5O5S. The molecule has 36 heavy (non-hydrogen) atoms. The van der Waals surface area contributed by atoms with E-state index in [9.17, 15) is 22.7 Å². The van der Waals surface area contributed by atoms with Gasteiger partial charge in [0.25, 0.3) is 0 Å². The molecule has 0 spiro atoms. The van der Waals surface area contributed by atoms with Crippen LogP contribution in [0.1, 0.15) is 19.0 Å². The maximum atomic E-state index is 13.2. The molecule has 0 saturated carbocycles. The highest BCUT2D eigenvalue weighted by molar-refractivity contribution is 7.90. The van der Waals surface area contributed by atoms with Crippen LogP contribution in [0.2, 0.25) is 0 Å². The van der Waals surface area contributed by atoms with Crippen LogP contribution >= 0.6 is 0 Å². The minimum Gasteiger partial charge on any atom is -0.396 e. The van der Waals surface area contributed by atoms with Crippen molar-refractivity contribution < 1.29 is 27.8 Å². The smallest absolute Gasteiger partial charge is 0.319 e. The molecule has 0 aliphatic heterocycles. The van der Waals surface area contributed by atoms with Gasteiger partial charge >= 0.3 is 6.03 Å². The predicted molar refractivity (Wildman–Crippen MR) is 134 cm³/mol. The number of aromatic nitrogens is 2. The first kappa shape index (κ1) is 27.0. The number of amides is 2. The van der Waals surface area contributed by atoms with Crippen molar-refractivity contribution in [1.29, 1.82) is 0 Å². The van der Waals surface area contributed by atoms with E-state index in [1.807, 2.05) is 0 Å². The lowest BCUT2D eigenvalue weighted by atomic mass is 10.2. The summed E-state index contributed by atoms with van der Waals surface area (Å²) in [4.78, 5) is 20.7. The van der Waals surface area contributed by atoms with Crippen LogP contribution in [-0.4, -0.2) is 60.4 Å². The van der Waals surface area contributed by atoms with Crippen molar-refractivity contribution in [2.75, 3.05) is 30.4 Å². The Hall–Kier alpha value is -3.61. The Balaban J connectivity index is 1.86. The molecule has 1 heterocycles. The third kappa shape index (κ3) is 7.70. The molecule has 5 N–H and O–H groups in total. The zero-order valence-electron chi connectivity index (χ0n) is 19.6. The van der Waals surface area contributed by atoms with Crippen molar-refractivity contribution in [3.63, 3.8) is 0 Å². The third-order valence-electron chi connectivity index (χ3n) is 4.98. The highest BCUT2D eigenvalue weighted by Crippen LogP contribution is 2.23. The van der Waals surface area contributed by atoms with Crippen molar-refractivity contribution in [2.45, 2.75) is 30.0 Å². The summed E-state index contributed by atoms with van der Waals surface area (Å²) in [5.74, 6) is -0.405. The number of carbonyl (C=O) groups excluding carboxylic acids is 1. The van der Waals surface area contributed by atoms with Gasteiger partial charge in [-0.15, -0.1) is 0 Å². The number of rotatable bonds is 11. The fourth-order valence-corrected chi connectivity index (χ4v) is 4.41. The summed E-state index contributed by atoms with van der Waals surface area (Å²) in [5, 5.41) is 26.5. The minimum atomic E-state index is -3.81. The normalized spacial score (nSPS) is 12.1. The second-order valence-electron chi connectivity index (χ2n) is 8.04. The summed E-state index contributed by atoms with van der Waals surface area (Å²) in [6.45, 7) is 1.89. The zero-order valence-corrected chi connectivity index (χ0v) is 20.4. The molecule has 10 nitrogen and oxygen atoms in total. The third-order valence-corrected chi connectivity index (χ3v) is 6.65. The van der Waals surface area contributed by atoms with E-state index in [0.717, 1.165) is 12.1 Å². The van der Waals surface area contributed by atoms with Gasteiger partial charge in [-0.3, -0.25) is 0 Å². The Kier molecular flexibility index (Phi) is 9.28. The molecular weight excluding hydrogens is 489 g/mol. The fraction of sp³-hybridized carbons (Fsp3) is 0.292. The number of sulfone groups is 1. The molecule has 2 aromatic carbocycles. The van der Waals surface area contributed by atoms with Crippen LogP contribution in [-0.2, 0) is 15.6 Å². The fourth-order valence-electron chi connectivity index (χ4n) is 3.15. The van der Waals surface area contributed by atoms with E-state index in [1.165, 1.54) is 18.2 Å². The number of nitrogens with one attached hydrogen (secondary N) is 3. The molecule has 0 saturated heterocycles. The summed E-state index contributed by atoms with van der Waals surface area (Å²) in [5.41, 5.74) is 1.30. The Morgan fingerprint density at radius 3 is 2.39 bits per heavy atom. The molecule has 2 amide bonds. The first-order chi connectivity index (χ1) is 17.2. The molecule has 0 aliphatic carbocycles. The number of carbonyl (C=O) groups is 1. The molecule has 0 aliphatic rings. The molecule has 192 valence electrons. The van der Waals surface area contributed by atoms with Gasteiger partial charge in [-0.1, -0.05) is 0 Å². The highest BCUT2D eigenvalue weighted by Gasteiger charge is 2.19. The van der Waals surface area contributed by atoms with E-state index in [0.29, 0.717) is 30.0 Å². The largest absolute Gasteiger partial charge is 0.396 e. The van der Waals surface area contributed by atoms with Crippen molar-refractivity contribution in [2.24, 2.45) is 0 Å². The monoisotopic (exact) mass is 517 g/mol. The Bertz CT molecular complexity index is 1270. The molecule has 1 atom stereocenters.